The van der Waals surface area contributed by atoms with Crippen LogP contribution in [0.2, 0.25) is 0 Å². The molecule has 1 atom stereocenters. The van der Waals surface area contributed by atoms with E-state index < -0.39 is 18.1 Å². The topological polar surface area (TPSA) is 26.0 Å². The summed E-state index contributed by atoms with van der Waals surface area (Å²) in [4.78, 5) is 0. The van der Waals surface area contributed by atoms with E-state index in [1.165, 1.54) is 0 Å². The highest BCUT2D eigenvalue weighted by atomic mass is 35.5. The van der Waals surface area contributed by atoms with Crippen molar-refractivity contribution in [1.29, 1.82) is 0 Å². The molecule has 0 aromatic heterocycles. The fourth-order valence-corrected chi connectivity index (χ4v) is 1.41. The predicted molar refractivity (Wildman–Crippen MR) is 43.6 cm³/mol. The molecule has 1 unspecified atom stereocenters. The zero-order valence-electron chi connectivity index (χ0n) is 6.66. The SMILES string of the molecule is Cl.NCC1(F)CCCCC1(F)F. The lowest BCUT2D eigenvalue weighted by Gasteiger charge is -2.36. The van der Waals surface area contributed by atoms with Crippen molar-refractivity contribution in [2.45, 2.75) is 37.3 Å². The zero-order valence-corrected chi connectivity index (χ0v) is 7.47. The van der Waals surface area contributed by atoms with Crippen LogP contribution < -0.4 is 5.73 Å². The molecular formula is C7H13ClF3N. The van der Waals surface area contributed by atoms with Crippen molar-refractivity contribution in [2.75, 3.05) is 6.54 Å². The van der Waals surface area contributed by atoms with Crippen molar-refractivity contribution in [3.8, 4) is 0 Å². The molecule has 0 aromatic rings. The molecule has 0 radical (unpaired) electrons. The van der Waals surface area contributed by atoms with Crippen molar-refractivity contribution in [1.82, 2.24) is 0 Å². The first kappa shape index (κ1) is 12.0. The van der Waals surface area contributed by atoms with Crippen molar-refractivity contribution in [2.24, 2.45) is 5.73 Å². The maximum absolute atomic E-state index is 13.2. The first-order valence-corrected chi connectivity index (χ1v) is 3.79. The lowest BCUT2D eigenvalue weighted by Crippen LogP contribution is -2.51. The van der Waals surface area contributed by atoms with Gasteiger partial charge in [0, 0.05) is 13.0 Å². The molecule has 1 nitrogen and oxygen atoms in total. The molecule has 1 rings (SSSR count). The molecule has 1 aliphatic carbocycles. The van der Waals surface area contributed by atoms with Crippen LogP contribution in [0.1, 0.15) is 25.7 Å². The molecule has 0 saturated heterocycles. The monoisotopic (exact) mass is 203 g/mol. The second kappa shape index (κ2) is 3.83. The first-order valence-electron chi connectivity index (χ1n) is 3.79. The van der Waals surface area contributed by atoms with Gasteiger partial charge in [0.2, 0.25) is 0 Å². The largest absolute Gasteiger partial charge is 0.327 e. The minimum atomic E-state index is -3.21. The Balaban J connectivity index is 0.00000121. The molecule has 0 bridgehead atoms. The van der Waals surface area contributed by atoms with Crippen molar-refractivity contribution in [3.05, 3.63) is 0 Å². The van der Waals surface area contributed by atoms with Crippen LogP contribution in [0, 0.1) is 0 Å². The van der Waals surface area contributed by atoms with E-state index in [-0.39, 0.29) is 25.2 Å². The Labute approximate surface area is 75.9 Å². The highest BCUT2D eigenvalue weighted by molar-refractivity contribution is 5.85. The van der Waals surface area contributed by atoms with Gasteiger partial charge in [-0.2, -0.15) is 0 Å². The molecule has 1 aliphatic rings. The van der Waals surface area contributed by atoms with E-state index in [0.29, 0.717) is 12.8 Å². The molecular weight excluding hydrogens is 191 g/mol. The van der Waals surface area contributed by atoms with Gasteiger partial charge >= 0.3 is 0 Å². The molecule has 0 aromatic carbocycles. The van der Waals surface area contributed by atoms with Crippen molar-refractivity contribution < 1.29 is 13.2 Å². The summed E-state index contributed by atoms with van der Waals surface area (Å²) in [5.41, 5.74) is 2.52. The maximum Gasteiger partial charge on any atom is 0.282 e. The smallest absolute Gasteiger partial charge is 0.282 e. The molecule has 0 amide bonds. The van der Waals surface area contributed by atoms with Gasteiger partial charge in [0.1, 0.15) is 0 Å². The Bertz CT molecular complexity index is 154. The fraction of sp³-hybridized carbons (Fsp3) is 1.00. The van der Waals surface area contributed by atoms with E-state index in [4.69, 9.17) is 5.73 Å². The van der Waals surface area contributed by atoms with Gasteiger partial charge < -0.3 is 5.73 Å². The van der Waals surface area contributed by atoms with Crippen LogP contribution in [0.25, 0.3) is 0 Å². The standard InChI is InChI=1S/C7H12F3N.ClH/c8-6(5-11)3-1-2-4-7(6,9)10;/h1-5,11H2;1H. The minimum Gasteiger partial charge on any atom is -0.327 e. The summed E-state index contributed by atoms with van der Waals surface area (Å²) in [6.07, 6.45) is 0.458. The Morgan fingerprint density at radius 2 is 1.58 bits per heavy atom. The van der Waals surface area contributed by atoms with Crippen LogP contribution in [0.15, 0.2) is 0 Å². The molecule has 12 heavy (non-hydrogen) atoms. The summed E-state index contributed by atoms with van der Waals surface area (Å²) < 4.78 is 38.8. The molecule has 74 valence electrons. The van der Waals surface area contributed by atoms with Gasteiger partial charge in [-0.1, -0.05) is 0 Å². The van der Waals surface area contributed by atoms with Gasteiger partial charge in [-0.25, -0.2) is 13.2 Å². The van der Waals surface area contributed by atoms with Crippen LogP contribution in [0.4, 0.5) is 13.2 Å². The third kappa shape index (κ3) is 1.85. The van der Waals surface area contributed by atoms with Gasteiger partial charge in [-0.15, -0.1) is 12.4 Å². The van der Waals surface area contributed by atoms with Crippen LogP contribution in [0.3, 0.4) is 0 Å². The van der Waals surface area contributed by atoms with Gasteiger partial charge in [0.05, 0.1) is 0 Å². The minimum absolute atomic E-state index is 0. The lowest BCUT2D eigenvalue weighted by molar-refractivity contribution is -0.157. The second-order valence-electron chi connectivity index (χ2n) is 3.08. The number of nitrogens with two attached hydrogens (primary N) is 1. The molecule has 0 spiro atoms. The van der Waals surface area contributed by atoms with Crippen molar-refractivity contribution in [3.63, 3.8) is 0 Å². The number of rotatable bonds is 1. The zero-order chi connectivity index (χ0) is 8.54. The average Bonchev–Trinajstić information content (AvgIpc) is 1.95. The van der Waals surface area contributed by atoms with E-state index in [1.807, 2.05) is 0 Å². The highest BCUT2D eigenvalue weighted by Gasteiger charge is 2.54. The van der Waals surface area contributed by atoms with Gasteiger partial charge in [0.15, 0.2) is 5.67 Å². The Morgan fingerprint density at radius 1 is 1.08 bits per heavy atom. The normalized spacial score (nSPS) is 34.0. The van der Waals surface area contributed by atoms with Crippen molar-refractivity contribution >= 4 is 12.4 Å². The van der Waals surface area contributed by atoms with Crippen LogP contribution >= 0.6 is 12.4 Å². The third-order valence-electron chi connectivity index (χ3n) is 2.29. The van der Waals surface area contributed by atoms with E-state index in [9.17, 15) is 13.2 Å². The average molecular weight is 204 g/mol. The highest BCUT2D eigenvalue weighted by Crippen LogP contribution is 2.43. The second-order valence-corrected chi connectivity index (χ2v) is 3.08. The first-order chi connectivity index (χ1) is 5.02. The lowest BCUT2D eigenvalue weighted by atomic mass is 9.83. The summed E-state index contributed by atoms with van der Waals surface area (Å²) in [7, 11) is 0. The summed E-state index contributed by atoms with van der Waals surface area (Å²) in [5, 5.41) is 0. The van der Waals surface area contributed by atoms with E-state index in [0.717, 1.165) is 0 Å². The molecule has 0 aliphatic heterocycles. The van der Waals surface area contributed by atoms with Crippen LogP contribution in [-0.2, 0) is 0 Å². The van der Waals surface area contributed by atoms with Gasteiger partial charge in [-0.05, 0) is 19.3 Å². The van der Waals surface area contributed by atoms with Gasteiger partial charge in [0.25, 0.3) is 5.92 Å². The number of hydrogen-bond donors (Lipinski definition) is 1. The summed E-state index contributed by atoms with van der Waals surface area (Å²) in [6, 6.07) is 0. The van der Waals surface area contributed by atoms with E-state index >= 15 is 0 Å². The number of alkyl halides is 3. The molecule has 5 heteroatoms. The Kier molecular flexibility index (Phi) is 3.85. The number of halogens is 4. The Morgan fingerprint density at radius 3 is 1.92 bits per heavy atom. The van der Waals surface area contributed by atoms with Crippen LogP contribution in [-0.4, -0.2) is 18.1 Å². The molecule has 0 heterocycles. The molecule has 2 N–H and O–H groups in total. The maximum atomic E-state index is 13.2. The predicted octanol–water partition coefficient (Wildman–Crippen LogP) is 2.28. The fourth-order valence-electron chi connectivity index (χ4n) is 1.41. The van der Waals surface area contributed by atoms with Gasteiger partial charge in [-0.3, -0.25) is 0 Å². The Hall–Kier alpha value is 0.0400. The third-order valence-corrected chi connectivity index (χ3v) is 2.29. The molecule has 1 saturated carbocycles. The van der Waals surface area contributed by atoms with Crippen LogP contribution in [0.5, 0.6) is 0 Å². The quantitative estimate of drug-likeness (QED) is 0.695. The summed E-state index contributed by atoms with van der Waals surface area (Å²) in [6.45, 7) is -0.569. The summed E-state index contributed by atoms with van der Waals surface area (Å²) in [5.74, 6) is -3.21. The van der Waals surface area contributed by atoms with E-state index in [2.05, 4.69) is 0 Å². The number of hydrogen-bond acceptors (Lipinski definition) is 1. The molecule has 1 fully saturated rings. The van der Waals surface area contributed by atoms with E-state index in [1.54, 1.807) is 0 Å². The summed E-state index contributed by atoms with van der Waals surface area (Å²) >= 11 is 0.